The van der Waals surface area contributed by atoms with Crippen LogP contribution in [0, 0.1) is 0 Å². The lowest BCUT2D eigenvalue weighted by molar-refractivity contribution is -0.113. The third kappa shape index (κ3) is 4.34. The predicted octanol–water partition coefficient (Wildman–Crippen LogP) is 3.97. The molecule has 0 atom stereocenters. The highest BCUT2D eigenvalue weighted by atomic mass is 32.2. The van der Waals surface area contributed by atoms with Gasteiger partial charge in [0.05, 0.1) is 29.0 Å². The van der Waals surface area contributed by atoms with Gasteiger partial charge in [0.2, 0.25) is 11.7 Å². The maximum atomic E-state index is 13.0. The Morgan fingerprint density at radius 1 is 1.09 bits per heavy atom. The summed E-state index contributed by atoms with van der Waals surface area (Å²) in [5, 5.41) is 12.6. The van der Waals surface area contributed by atoms with Gasteiger partial charge in [-0.15, -0.1) is 10.2 Å². The number of thioether (sulfide) groups is 1. The van der Waals surface area contributed by atoms with Gasteiger partial charge in [-0.1, -0.05) is 49.4 Å². The number of hydrogen-bond acceptors (Lipinski definition) is 6. The summed E-state index contributed by atoms with van der Waals surface area (Å²) >= 11 is 1.28. The van der Waals surface area contributed by atoms with E-state index < -0.39 is 0 Å². The van der Waals surface area contributed by atoms with Crippen LogP contribution in [0.1, 0.15) is 26.7 Å². The lowest BCUT2D eigenvalue weighted by Gasteiger charge is -2.12. The van der Waals surface area contributed by atoms with Crippen LogP contribution in [-0.4, -0.2) is 37.4 Å². The Morgan fingerprint density at radius 2 is 1.88 bits per heavy atom. The van der Waals surface area contributed by atoms with E-state index in [1.807, 2.05) is 53.8 Å². The molecule has 0 aliphatic rings. The maximum Gasteiger partial charge on any atom is 0.262 e. The number of aromatic nitrogens is 4. The minimum atomic E-state index is -0.178. The van der Waals surface area contributed by atoms with E-state index in [4.69, 9.17) is 4.74 Å². The van der Waals surface area contributed by atoms with Gasteiger partial charge in [0.25, 0.3) is 5.56 Å². The van der Waals surface area contributed by atoms with Crippen LogP contribution in [0.3, 0.4) is 0 Å². The number of unbranched alkanes of at least 4 members (excludes halogenated alkanes) is 1. The number of amides is 1. The lowest BCUT2D eigenvalue weighted by atomic mass is 10.2. The van der Waals surface area contributed by atoms with Crippen molar-refractivity contribution in [3.05, 3.63) is 58.9 Å². The zero-order chi connectivity index (χ0) is 22.5. The first-order valence-electron chi connectivity index (χ1n) is 10.6. The Kier molecular flexibility index (Phi) is 6.75. The monoisotopic (exact) mass is 451 g/mol. The van der Waals surface area contributed by atoms with Gasteiger partial charge in [-0.2, -0.15) is 0 Å². The van der Waals surface area contributed by atoms with E-state index >= 15 is 0 Å². The summed E-state index contributed by atoms with van der Waals surface area (Å²) in [5.41, 5.74) is 1.29. The minimum Gasteiger partial charge on any atom is -0.492 e. The standard InChI is InChI=1S/C23H25N5O3S/c1-3-5-14-27-21(30)16-10-6-8-12-18(16)28-22(27)25-26-23(28)32-15-20(29)24-17-11-7-9-13-19(17)31-4-2/h6-13H,3-5,14-15H2,1-2H3,(H,24,29). The number of hydrogen-bond donors (Lipinski definition) is 1. The molecule has 0 saturated carbocycles. The Balaban J connectivity index is 1.62. The maximum absolute atomic E-state index is 13.0. The fraction of sp³-hybridized carbons (Fsp3) is 0.304. The zero-order valence-corrected chi connectivity index (χ0v) is 18.9. The number of para-hydroxylation sites is 3. The number of carbonyl (C=O) groups is 1. The van der Waals surface area contributed by atoms with E-state index in [1.54, 1.807) is 10.6 Å². The van der Waals surface area contributed by atoms with Crippen LogP contribution in [0.5, 0.6) is 5.75 Å². The topological polar surface area (TPSA) is 90.5 Å². The summed E-state index contributed by atoms with van der Waals surface area (Å²) in [4.78, 5) is 25.6. The molecule has 1 amide bonds. The highest BCUT2D eigenvalue weighted by Gasteiger charge is 2.17. The normalized spacial score (nSPS) is 11.2. The van der Waals surface area contributed by atoms with Crippen LogP contribution in [0.2, 0.25) is 0 Å². The zero-order valence-electron chi connectivity index (χ0n) is 18.1. The molecular weight excluding hydrogens is 426 g/mol. The number of ether oxygens (including phenoxy) is 1. The molecule has 4 aromatic rings. The number of anilines is 1. The van der Waals surface area contributed by atoms with Gasteiger partial charge in [-0.3, -0.25) is 18.6 Å². The third-order valence-electron chi connectivity index (χ3n) is 5.01. The predicted molar refractivity (Wildman–Crippen MR) is 127 cm³/mol. The molecule has 0 fully saturated rings. The Bertz CT molecular complexity index is 1310. The van der Waals surface area contributed by atoms with Gasteiger partial charge < -0.3 is 10.1 Å². The SMILES string of the molecule is CCCCn1c(=O)c2ccccc2n2c(SCC(=O)Nc3ccccc3OCC)nnc12. The van der Waals surface area contributed by atoms with Crippen molar-refractivity contribution in [2.75, 3.05) is 17.7 Å². The van der Waals surface area contributed by atoms with Crippen LogP contribution in [0.4, 0.5) is 5.69 Å². The second-order valence-electron chi connectivity index (χ2n) is 7.21. The number of rotatable bonds is 9. The molecule has 9 heteroatoms. The number of nitrogens with zero attached hydrogens (tertiary/aromatic N) is 4. The van der Waals surface area contributed by atoms with Crippen molar-refractivity contribution in [1.29, 1.82) is 0 Å². The highest BCUT2D eigenvalue weighted by molar-refractivity contribution is 7.99. The van der Waals surface area contributed by atoms with Crippen molar-refractivity contribution in [3.63, 3.8) is 0 Å². The fourth-order valence-corrected chi connectivity index (χ4v) is 4.25. The molecule has 2 heterocycles. The quantitative estimate of drug-likeness (QED) is 0.387. The van der Waals surface area contributed by atoms with Gasteiger partial charge in [-0.05, 0) is 37.6 Å². The second-order valence-corrected chi connectivity index (χ2v) is 8.15. The van der Waals surface area contributed by atoms with Crippen molar-refractivity contribution < 1.29 is 9.53 Å². The van der Waals surface area contributed by atoms with E-state index in [0.717, 1.165) is 18.4 Å². The molecule has 0 aliphatic heterocycles. The molecule has 4 rings (SSSR count). The highest BCUT2D eigenvalue weighted by Crippen LogP contribution is 2.25. The summed E-state index contributed by atoms with van der Waals surface area (Å²) in [6, 6.07) is 14.7. The summed E-state index contributed by atoms with van der Waals surface area (Å²) in [7, 11) is 0. The number of benzene rings is 2. The first-order valence-corrected chi connectivity index (χ1v) is 11.6. The molecular formula is C23H25N5O3S. The van der Waals surface area contributed by atoms with Crippen molar-refractivity contribution in [1.82, 2.24) is 19.2 Å². The average Bonchev–Trinajstić information content (AvgIpc) is 3.23. The largest absolute Gasteiger partial charge is 0.492 e. The van der Waals surface area contributed by atoms with E-state index in [9.17, 15) is 9.59 Å². The number of nitrogens with one attached hydrogen (secondary N) is 1. The second kappa shape index (κ2) is 9.86. The number of fused-ring (bicyclic) bond motifs is 3. The van der Waals surface area contributed by atoms with Gasteiger partial charge in [-0.25, -0.2) is 0 Å². The van der Waals surface area contributed by atoms with Crippen molar-refractivity contribution in [2.24, 2.45) is 0 Å². The molecule has 0 aliphatic carbocycles. The van der Waals surface area contributed by atoms with Gasteiger partial charge >= 0.3 is 0 Å². The van der Waals surface area contributed by atoms with Crippen LogP contribution >= 0.6 is 11.8 Å². The molecule has 32 heavy (non-hydrogen) atoms. The average molecular weight is 452 g/mol. The van der Waals surface area contributed by atoms with E-state index in [-0.39, 0.29) is 17.2 Å². The van der Waals surface area contributed by atoms with Crippen LogP contribution in [-0.2, 0) is 11.3 Å². The minimum absolute atomic E-state index is 0.0734. The summed E-state index contributed by atoms with van der Waals surface area (Å²) in [5.74, 6) is 1.09. The molecule has 2 aromatic heterocycles. The molecule has 0 spiro atoms. The molecule has 0 saturated heterocycles. The van der Waals surface area contributed by atoms with Gasteiger partial charge in [0, 0.05) is 6.54 Å². The Labute approximate surface area is 189 Å². The van der Waals surface area contributed by atoms with Crippen molar-refractivity contribution >= 4 is 40.0 Å². The van der Waals surface area contributed by atoms with Crippen LogP contribution in [0.25, 0.3) is 16.7 Å². The molecule has 2 aromatic carbocycles. The van der Waals surface area contributed by atoms with Crippen molar-refractivity contribution in [3.8, 4) is 5.75 Å². The molecule has 166 valence electrons. The van der Waals surface area contributed by atoms with Crippen molar-refractivity contribution in [2.45, 2.75) is 38.4 Å². The molecule has 8 nitrogen and oxygen atoms in total. The Morgan fingerprint density at radius 3 is 2.69 bits per heavy atom. The van der Waals surface area contributed by atoms with Crippen LogP contribution < -0.4 is 15.6 Å². The fourth-order valence-electron chi connectivity index (χ4n) is 3.51. The third-order valence-corrected chi connectivity index (χ3v) is 5.94. The smallest absolute Gasteiger partial charge is 0.262 e. The number of carbonyl (C=O) groups excluding carboxylic acids is 1. The molecule has 0 bridgehead atoms. The summed E-state index contributed by atoms with van der Waals surface area (Å²) in [6.07, 6.45) is 1.83. The summed E-state index contributed by atoms with van der Waals surface area (Å²) < 4.78 is 9.10. The van der Waals surface area contributed by atoms with Crippen LogP contribution in [0.15, 0.2) is 58.5 Å². The summed E-state index contributed by atoms with van der Waals surface area (Å²) in [6.45, 7) is 5.06. The Hall–Kier alpha value is -3.33. The molecule has 1 N–H and O–H groups in total. The van der Waals surface area contributed by atoms with Gasteiger partial charge in [0.15, 0.2) is 5.16 Å². The molecule has 0 unspecified atom stereocenters. The first-order chi connectivity index (χ1) is 15.6. The lowest BCUT2D eigenvalue weighted by Crippen LogP contribution is -2.23. The number of aryl methyl sites for hydroxylation is 1. The van der Waals surface area contributed by atoms with E-state index in [2.05, 4.69) is 22.4 Å². The van der Waals surface area contributed by atoms with E-state index in [1.165, 1.54) is 11.8 Å². The molecule has 0 radical (unpaired) electrons. The van der Waals surface area contributed by atoms with Gasteiger partial charge in [0.1, 0.15) is 5.75 Å². The van der Waals surface area contributed by atoms with E-state index in [0.29, 0.717) is 40.9 Å². The first kappa shape index (κ1) is 21.9.